The van der Waals surface area contributed by atoms with Crippen LogP contribution < -0.4 is 5.32 Å². The van der Waals surface area contributed by atoms with Gasteiger partial charge in [-0.2, -0.15) is 0 Å². The van der Waals surface area contributed by atoms with Gasteiger partial charge in [-0.3, -0.25) is 19.3 Å². The third-order valence-electron chi connectivity index (χ3n) is 3.34. The number of carbonyl (C=O) groups is 4. The molecule has 1 N–H and O–H groups in total. The Morgan fingerprint density at radius 3 is 2.39 bits per heavy atom. The van der Waals surface area contributed by atoms with Crippen molar-refractivity contribution in [3.8, 4) is 0 Å². The van der Waals surface area contributed by atoms with Crippen LogP contribution >= 0.6 is 15.9 Å². The molecule has 1 heterocycles. The predicted octanol–water partition coefficient (Wildman–Crippen LogP) is 1.90. The van der Waals surface area contributed by atoms with Crippen LogP contribution in [-0.4, -0.2) is 46.1 Å². The number of hydrogen-bond donors (Lipinski definition) is 1. The van der Waals surface area contributed by atoms with Gasteiger partial charge in [0.25, 0.3) is 0 Å². The molecule has 2 rings (SSSR count). The minimum Gasteiger partial charge on any atom is -0.325 e. The number of anilines is 1. The van der Waals surface area contributed by atoms with Gasteiger partial charge in [0.05, 0.1) is 0 Å². The molecular weight excluding hydrogens is 366 g/mol. The molecule has 7 nitrogen and oxygen atoms in total. The highest BCUT2D eigenvalue weighted by Gasteiger charge is 2.46. The monoisotopic (exact) mass is 381 g/mol. The van der Waals surface area contributed by atoms with Crippen LogP contribution in [-0.2, 0) is 14.4 Å². The summed E-state index contributed by atoms with van der Waals surface area (Å²) in [7, 11) is 0. The third kappa shape index (κ3) is 3.42. The van der Waals surface area contributed by atoms with E-state index in [9.17, 15) is 19.2 Å². The van der Waals surface area contributed by atoms with Crippen LogP contribution in [0.15, 0.2) is 22.7 Å². The van der Waals surface area contributed by atoms with Crippen molar-refractivity contribution >= 4 is 45.4 Å². The maximum absolute atomic E-state index is 12.1. The number of nitrogens with zero attached hydrogens (tertiary/aromatic N) is 2. The van der Waals surface area contributed by atoms with E-state index in [4.69, 9.17) is 0 Å². The Balaban J connectivity index is 2.08. The Bertz CT molecular complexity index is 702. The van der Waals surface area contributed by atoms with Gasteiger partial charge >= 0.3 is 17.8 Å². The van der Waals surface area contributed by atoms with E-state index in [1.807, 2.05) is 6.92 Å². The molecule has 0 bridgehead atoms. The standard InChI is InChI=1S/C15H16BrN3O4/c1-8(2)19-14(22)13(21)18(15(19)23)7-12(20)17-10-4-5-11(16)9(3)6-10/h4-6,8H,7H2,1-3H3,(H,17,20). The van der Waals surface area contributed by atoms with Crippen LogP contribution in [0.3, 0.4) is 0 Å². The summed E-state index contributed by atoms with van der Waals surface area (Å²) in [6.45, 7) is 4.61. The number of halogens is 1. The van der Waals surface area contributed by atoms with Crippen LogP contribution in [0, 0.1) is 6.92 Å². The van der Waals surface area contributed by atoms with Crippen LogP contribution in [0.1, 0.15) is 19.4 Å². The second-order valence-electron chi connectivity index (χ2n) is 5.45. The lowest BCUT2D eigenvalue weighted by atomic mass is 10.2. The van der Waals surface area contributed by atoms with Gasteiger partial charge in [-0.15, -0.1) is 0 Å². The van der Waals surface area contributed by atoms with Gasteiger partial charge in [-0.25, -0.2) is 9.69 Å². The third-order valence-corrected chi connectivity index (χ3v) is 4.23. The largest absolute Gasteiger partial charge is 0.334 e. The van der Waals surface area contributed by atoms with E-state index in [1.54, 1.807) is 32.0 Å². The van der Waals surface area contributed by atoms with Gasteiger partial charge in [0.1, 0.15) is 6.54 Å². The van der Waals surface area contributed by atoms with Crippen molar-refractivity contribution in [2.45, 2.75) is 26.8 Å². The number of urea groups is 1. The lowest BCUT2D eigenvalue weighted by molar-refractivity contribution is -0.144. The van der Waals surface area contributed by atoms with Gasteiger partial charge in [-0.05, 0) is 44.5 Å². The fourth-order valence-electron chi connectivity index (χ4n) is 2.18. The maximum atomic E-state index is 12.1. The number of nitrogens with one attached hydrogen (secondary N) is 1. The summed E-state index contributed by atoms with van der Waals surface area (Å²) in [5, 5.41) is 2.60. The molecule has 0 radical (unpaired) electrons. The highest BCUT2D eigenvalue weighted by Crippen LogP contribution is 2.20. The Labute approximate surface area is 141 Å². The number of aryl methyl sites for hydroxylation is 1. The van der Waals surface area contributed by atoms with Crippen LogP contribution in [0.2, 0.25) is 0 Å². The molecule has 23 heavy (non-hydrogen) atoms. The molecule has 1 aromatic rings. The summed E-state index contributed by atoms with van der Waals surface area (Å²) >= 11 is 3.36. The molecule has 1 saturated heterocycles. The number of benzene rings is 1. The van der Waals surface area contributed by atoms with E-state index in [1.165, 1.54) is 0 Å². The molecule has 0 aliphatic carbocycles. The number of imide groups is 2. The van der Waals surface area contributed by atoms with Crippen LogP contribution in [0.5, 0.6) is 0 Å². The van der Waals surface area contributed by atoms with Crippen molar-refractivity contribution in [3.05, 3.63) is 28.2 Å². The molecule has 0 aromatic heterocycles. The normalized spacial score (nSPS) is 14.9. The highest BCUT2D eigenvalue weighted by molar-refractivity contribution is 9.10. The first-order valence-electron chi connectivity index (χ1n) is 6.97. The number of rotatable bonds is 4. The van der Waals surface area contributed by atoms with Gasteiger partial charge < -0.3 is 5.32 Å². The lowest BCUT2D eigenvalue weighted by Gasteiger charge is -2.18. The van der Waals surface area contributed by atoms with Crippen molar-refractivity contribution < 1.29 is 19.2 Å². The van der Waals surface area contributed by atoms with E-state index >= 15 is 0 Å². The van der Waals surface area contributed by atoms with Crippen LogP contribution in [0.4, 0.5) is 10.5 Å². The molecule has 1 fully saturated rings. The van der Waals surface area contributed by atoms with E-state index in [0.717, 1.165) is 14.9 Å². The SMILES string of the molecule is Cc1cc(NC(=O)CN2C(=O)C(=O)N(C(C)C)C2=O)ccc1Br. The van der Waals surface area contributed by atoms with Crippen molar-refractivity contribution in [2.24, 2.45) is 0 Å². The highest BCUT2D eigenvalue weighted by atomic mass is 79.9. The lowest BCUT2D eigenvalue weighted by Crippen LogP contribution is -2.40. The summed E-state index contributed by atoms with van der Waals surface area (Å²) in [5.74, 6) is -2.44. The Morgan fingerprint density at radius 2 is 1.87 bits per heavy atom. The maximum Gasteiger partial charge on any atom is 0.334 e. The Kier molecular flexibility index (Phi) is 4.84. The molecule has 0 spiro atoms. The summed E-state index contributed by atoms with van der Waals surface area (Å²) < 4.78 is 0.901. The van der Waals surface area contributed by atoms with Crippen molar-refractivity contribution in [3.63, 3.8) is 0 Å². The number of hydrogen-bond acceptors (Lipinski definition) is 4. The molecule has 0 atom stereocenters. The topological polar surface area (TPSA) is 86.8 Å². The average Bonchev–Trinajstić information content (AvgIpc) is 2.67. The second kappa shape index (κ2) is 6.49. The van der Waals surface area contributed by atoms with Crippen LogP contribution in [0.25, 0.3) is 0 Å². The summed E-state index contributed by atoms with van der Waals surface area (Å²) in [4.78, 5) is 49.2. The molecule has 1 aliphatic heterocycles. The van der Waals surface area contributed by atoms with Gasteiger partial charge in [0, 0.05) is 16.2 Å². The summed E-state index contributed by atoms with van der Waals surface area (Å²) in [5.41, 5.74) is 1.47. The molecule has 8 heteroatoms. The van der Waals surface area contributed by atoms with E-state index in [2.05, 4.69) is 21.2 Å². The van der Waals surface area contributed by atoms with Gasteiger partial charge in [0.2, 0.25) is 5.91 Å². The van der Waals surface area contributed by atoms with E-state index < -0.39 is 36.3 Å². The minimum absolute atomic E-state index is 0.443. The van der Waals surface area contributed by atoms with Gasteiger partial charge in [0.15, 0.2) is 0 Å². The molecule has 1 aromatic carbocycles. The zero-order valence-corrected chi connectivity index (χ0v) is 14.5. The molecule has 122 valence electrons. The fraction of sp³-hybridized carbons (Fsp3) is 0.333. The van der Waals surface area contributed by atoms with Crippen molar-refractivity contribution in [2.75, 3.05) is 11.9 Å². The Hall–Kier alpha value is -2.22. The minimum atomic E-state index is -0.981. The predicted molar refractivity (Wildman–Crippen MR) is 86.6 cm³/mol. The molecule has 0 saturated carbocycles. The first-order valence-corrected chi connectivity index (χ1v) is 7.76. The zero-order chi connectivity index (χ0) is 17.3. The molecule has 1 aliphatic rings. The van der Waals surface area contributed by atoms with E-state index in [0.29, 0.717) is 10.6 Å². The number of carbonyl (C=O) groups excluding carboxylic acids is 4. The number of amides is 5. The molecular formula is C15H16BrN3O4. The first-order chi connectivity index (χ1) is 10.7. The fourth-order valence-corrected chi connectivity index (χ4v) is 2.43. The summed E-state index contributed by atoms with van der Waals surface area (Å²) in [6.07, 6.45) is 0. The Morgan fingerprint density at radius 1 is 1.22 bits per heavy atom. The molecule has 5 amide bonds. The zero-order valence-electron chi connectivity index (χ0n) is 12.9. The van der Waals surface area contributed by atoms with Gasteiger partial charge in [-0.1, -0.05) is 15.9 Å². The quantitative estimate of drug-likeness (QED) is 0.637. The second-order valence-corrected chi connectivity index (χ2v) is 6.31. The average molecular weight is 382 g/mol. The van der Waals surface area contributed by atoms with Crippen molar-refractivity contribution in [1.82, 2.24) is 9.80 Å². The molecule has 0 unspecified atom stereocenters. The smallest absolute Gasteiger partial charge is 0.325 e. The van der Waals surface area contributed by atoms with Crippen molar-refractivity contribution in [1.29, 1.82) is 0 Å². The van der Waals surface area contributed by atoms with E-state index in [-0.39, 0.29) is 0 Å². The summed E-state index contributed by atoms with van der Waals surface area (Å²) in [6, 6.07) is 4.01. The first kappa shape index (κ1) is 17.1.